The monoisotopic (exact) mass is 115 g/mol. The molecule has 0 saturated heterocycles. The zero-order valence-electron chi connectivity index (χ0n) is 4.81. The molecule has 1 aliphatic heterocycles. The van der Waals surface area contributed by atoms with Crippen molar-refractivity contribution >= 4 is 0 Å². The van der Waals surface area contributed by atoms with Gasteiger partial charge in [0.15, 0.2) is 0 Å². The van der Waals surface area contributed by atoms with Gasteiger partial charge in [-0.2, -0.15) is 5.48 Å². The molecule has 0 spiro atoms. The SMILES string of the molecule is COC1=CCNOC1. The average molecular weight is 115 g/mol. The summed E-state index contributed by atoms with van der Waals surface area (Å²) >= 11 is 0. The molecule has 8 heavy (non-hydrogen) atoms. The molecule has 0 amide bonds. The fraction of sp³-hybridized carbons (Fsp3) is 0.600. The minimum absolute atomic E-state index is 0.538. The van der Waals surface area contributed by atoms with Crippen LogP contribution in [0.2, 0.25) is 0 Å². The minimum Gasteiger partial charge on any atom is -0.499 e. The summed E-state index contributed by atoms with van der Waals surface area (Å²) in [6, 6.07) is 0. The van der Waals surface area contributed by atoms with Gasteiger partial charge in [-0.3, -0.25) is 4.84 Å². The Kier molecular flexibility index (Phi) is 1.88. The van der Waals surface area contributed by atoms with Gasteiger partial charge in [0.25, 0.3) is 0 Å². The van der Waals surface area contributed by atoms with E-state index < -0.39 is 0 Å². The van der Waals surface area contributed by atoms with Crippen molar-refractivity contribution in [2.75, 3.05) is 20.3 Å². The van der Waals surface area contributed by atoms with E-state index in [-0.39, 0.29) is 0 Å². The van der Waals surface area contributed by atoms with E-state index in [9.17, 15) is 0 Å². The van der Waals surface area contributed by atoms with Crippen molar-refractivity contribution in [3.8, 4) is 0 Å². The van der Waals surface area contributed by atoms with Gasteiger partial charge in [-0.05, 0) is 6.08 Å². The first-order chi connectivity index (χ1) is 3.93. The molecule has 1 aliphatic rings. The van der Waals surface area contributed by atoms with Crippen LogP contribution in [-0.4, -0.2) is 20.3 Å². The second kappa shape index (κ2) is 2.69. The van der Waals surface area contributed by atoms with E-state index >= 15 is 0 Å². The van der Waals surface area contributed by atoms with E-state index in [4.69, 9.17) is 9.57 Å². The fourth-order valence-electron chi connectivity index (χ4n) is 0.538. The molecule has 3 nitrogen and oxygen atoms in total. The second-order valence-electron chi connectivity index (χ2n) is 1.51. The Morgan fingerprint density at radius 1 is 1.88 bits per heavy atom. The van der Waals surface area contributed by atoms with Gasteiger partial charge < -0.3 is 4.74 Å². The summed E-state index contributed by atoms with van der Waals surface area (Å²) in [5.41, 5.74) is 2.69. The van der Waals surface area contributed by atoms with Crippen LogP contribution in [0.1, 0.15) is 0 Å². The zero-order chi connectivity index (χ0) is 5.82. The highest BCUT2D eigenvalue weighted by Gasteiger charge is 1.99. The number of methoxy groups -OCH3 is 1. The summed E-state index contributed by atoms with van der Waals surface area (Å²) in [5.74, 6) is 0.892. The van der Waals surface area contributed by atoms with Gasteiger partial charge in [0.05, 0.1) is 7.11 Å². The lowest BCUT2D eigenvalue weighted by atomic mass is 10.4. The van der Waals surface area contributed by atoms with E-state index in [1.54, 1.807) is 7.11 Å². The first-order valence-electron chi connectivity index (χ1n) is 2.51. The highest BCUT2D eigenvalue weighted by molar-refractivity contribution is 4.95. The van der Waals surface area contributed by atoms with Crippen molar-refractivity contribution < 1.29 is 9.57 Å². The maximum atomic E-state index is 4.89. The summed E-state index contributed by atoms with van der Waals surface area (Å²) in [6.45, 7) is 1.28. The molecule has 0 aliphatic carbocycles. The maximum absolute atomic E-state index is 4.89. The normalized spacial score (nSPS) is 19.9. The van der Waals surface area contributed by atoms with Crippen LogP contribution in [0.5, 0.6) is 0 Å². The van der Waals surface area contributed by atoms with E-state index in [1.807, 2.05) is 6.08 Å². The number of ether oxygens (including phenoxy) is 1. The van der Waals surface area contributed by atoms with Crippen molar-refractivity contribution in [3.05, 3.63) is 11.8 Å². The van der Waals surface area contributed by atoms with Gasteiger partial charge in [0, 0.05) is 6.54 Å². The number of hydrogen-bond donors (Lipinski definition) is 1. The third-order valence-electron chi connectivity index (χ3n) is 0.992. The summed E-state index contributed by atoms with van der Waals surface area (Å²) < 4.78 is 4.89. The van der Waals surface area contributed by atoms with Gasteiger partial charge in [0.2, 0.25) is 0 Å². The molecule has 0 aromatic heterocycles. The third kappa shape index (κ3) is 1.21. The number of hydroxylamine groups is 1. The van der Waals surface area contributed by atoms with Crippen LogP contribution >= 0.6 is 0 Å². The average Bonchev–Trinajstić information content (AvgIpc) is 1.90. The molecule has 0 atom stereocenters. The number of hydrogen-bond acceptors (Lipinski definition) is 3. The van der Waals surface area contributed by atoms with Crippen LogP contribution in [0.4, 0.5) is 0 Å². The molecule has 1 rings (SSSR count). The molecule has 0 radical (unpaired) electrons. The van der Waals surface area contributed by atoms with Crippen molar-refractivity contribution in [1.82, 2.24) is 5.48 Å². The highest BCUT2D eigenvalue weighted by Crippen LogP contribution is 1.97. The lowest BCUT2D eigenvalue weighted by Crippen LogP contribution is -2.22. The van der Waals surface area contributed by atoms with Gasteiger partial charge >= 0.3 is 0 Å². The van der Waals surface area contributed by atoms with Crippen LogP contribution in [0, 0.1) is 0 Å². The molecule has 0 bridgehead atoms. The summed E-state index contributed by atoms with van der Waals surface area (Å²) in [5, 5.41) is 0. The lowest BCUT2D eigenvalue weighted by molar-refractivity contribution is 0.0282. The molecule has 3 heteroatoms. The van der Waals surface area contributed by atoms with E-state index in [0.29, 0.717) is 6.61 Å². The molecule has 0 aromatic carbocycles. The Labute approximate surface area is 48.2 Å². The van der Waals surface area contributed by atoms with E-state index in [2.05, 4.69) is 5.48 Å². The zero-order valence-corrected chi connectivity index (χ0v) is 4.81. The Bertz CT molecular complexity index is 101. The standard InChI is InChI=1S/C5H9NO2/c1-7-5-2-3-6-8-4-5/h2,6H,3-4H2,1H3. The van der Waals surface area contributed by atoms with Crippen molar-refractivity contribution in [2.24, 2.45) is 0 Å². The van der Waals surface area contributed by atoms with Crippen LogP contribution in [0.3, 0.4) is 0 Å². The van der Waals surface area contributed by atoms with Crippen molar-refractivity contribution in [1.29, 1.82) is 0 Å². The molecule has 0 unspecified atom stereocenters. The fourth-order valence-corrected chi connectivity index (χ4v) is 0.538. The molecular formula is C5H9NO2. The molecule has 0 saturated carbocycles. The van der Waals surface area contributed by atoms with Gasteiger partial charge in [-0.1, -0.05) is 0 Å². The van der Waals surface area contributed by atoms with Crippen molar-refractivity contribution in [3.63, 3.8) is 0 Å². The summed E-state index contributed by atoms with van der Waals surface area (Å²) in [6.07, 6.45) is 1.95. The predicted octanol–water partition coefficient (Wildman–Crippen LogP) is 0.0515. The van der Waals surface area contributed by atoms with Crippen LogP contribution < -0.4 is 5.48 Å². The van der Waals surface area contributed by atoms with E-state index in [0.717, 1.165) is 12.3 Å². The van der Waals surface area contributed by atoms with E-state index in [1.165, 1.54) is 0 Å². The van der Waals surface area contributed by atoms with Gasteiger partial charge in [-0.15, -0.1) is 0 Å². The van der Waals surface area contributed by atoms with Crippen LogP contribution in [-0.2, 0) is 9.57 Å². The summed E-state index contributed by atoms with van der Waals surface area (Å²) in [4.78, 5) is 4.83. The Morgan fingerprint density at radius 2 is 2.75 bits per heavy atom. The first-order valence-corrected chi connectivity index (χ1v) is 2.51. The Morgan fingerprint density at radius 3 is 3.12 bits per heavy atom. The maximum Gasteiger partial charge on any atom is 0.125 e. The smallest absolute Gasteiger partial charge is 0.125 e. The van der Waals surface area contributed by atoms with Crippen LogP contribution in [0.15, 0.2) is 11.8 Å². The van der Waals surface area contributed by atoms with Gasteiger partial charge in [0.1, 0.15) is 12.4 Å². The molecule has 1 N–H and O–H groups in total. The topological polar surface area (TPSA) is 30.5 Å². The Balaban J connectivity index is 2.37. The molecule has 0 aromatic rings. The summed E-state index contributed by atoms with van der Waals surface area (Å²) in [7, 11) is 1.64. The number of rotatable bonds is 1. The number of nitrogens with one attached hydrogen (secondary N) is 1. The second-order valence-corrected chi connectivity index (χ2v) is 1.51. The molecule has 0 fully saturated rings. The Hall–Kier alpha value is -0.540. The first kappa shape index (κ1) is 5.59. The predicted molar refractivity (Wildman–Crippen MR) is 29.0 cm³/mol. The largest absolute Gasteiger partial charge is 0.499 e. The minimum atomic E-state index is 0.538. The van der Waals surface area contributed by atoms with Crippen molar-refractivity contribution in [2.45, 2.75) is 0 Å². The quantitative estimate of drug-likeness (QED) is 0.524. The highest BCUT2D eigenvalue weighted by atomic mass is 16.7. The molecular weight excluding hydrogens is 106 g/mol. The third-order valence-corrected chi connectivity index (χ3v) is 0.992. The lowest BCUT2D eigenvalue weighted by Gasteiger charge is -2.11. The molecule has 1 heterocycles. The van der Waals surface area contributed by atoms with Gasteiger partial charge in [-0.25, -0.2) is 0 Å². The van der Waals surface area contributed by atoms with Crippen LogP contribution in [0.25, 0.3) is 0 Å². The molecule has 46 valence electrons.